The lowest BCUT2D eigenvalue weighted by molar-refractivity contribution is 0.0556. The highest BCUT2D eigenvalue weighted by Gasteiger charge is 2.39. The first-order valence-electron chi connectivity index (χ1n) is 9.30. The van der Waals surface area contributed by atoms with E-state index in [1.165, 1.54) is 5.56 Å². The summed E-state index contributed by atoms with van der Waals surface area (Å²) >= 11 is 0. The summed E-state index contributed by atoms with van der Waals surface area (Å²) in [5.74, 6) is 0. The van der Waals surface area contributed by atoms with Crippen LogP contribution in [-0.4, -0.2) is 27.0 Å². The zero-order chi connectivity index (χ0) is 17.9. The zero-order valence-corrected chi connectivity index (χ0v) is 16.0. The Morgan fingerprint density at radius 1 is 0.920 bits per heavy atom. The fraction of sp³-hybridized carbons (Fsp3) is 0.500. The average molecular weight is 338 g/mol. The van der Waals surface area contributed by atoms with E-state index in [1.54, 1.807) is 0 Å². The fourth-order valence-electron chi connectivity index (χ4n) is 4.36. The van der Waals surface area contributed by atoms with Gasteiger partial charge in [-0.1, -0.05) is 36.4 Å². The van der Waals surface area contributed by atoms with E-state index in [0.717, 1.165) is 31.6 Å². The summed E-state index contributed by atoms with van der Waals surface area (Å²) in [7, 11) is 0. The Hall–Kier alpha value is -1.71. The highest BCUT2D eigenvalue weighted by Crippen LogP contribution is 2.32. The molecule has 3 nitrogen and oxygen atoms in total. The molecular weight excluding hydrogens is 306 g/mol. The van der Waals surface area contributed by atoms with Crippen LogP contribution in [-0.2, 0) is 13.1 Å². The van der Waals surface area contributed by atoms with Gasteiger partial charge in [0, 0.05) is 36.4 Å². The lowest BCUT2D eigenvalue weighted by atomic mass is 9.79. The van der Waals surface area contributed by atoms with Crippen molar-refractivity contribution in [3.63, 3.8) is 0 Å². The summed E-state index contributed by atoms with van der Waals surface area (Å²) < 4.78 is 0. The number of benzene rings is 1. The molecule has 2 heterocycles. The average Bonchev–Trinajstić information content (AvgIpc) is 2.53. The summed E-state index contributed by atoms with van der Waals surface area (Å²) in [6.45, 7) is 11.1. The first-order chi connectivity index (χ1) is 11.8. The second-order valence-corrected chi connectivity index (χ2v) is 8.67. The Morgan fingerprint density at radius 3 is 2.16 bits per heavy atom. The Bertz CT molecular complexity index is 607. The summed E-state index contributed by atoms with van der Waals surface area (Å²) in [5, 5.41) is 3.80. The molecule has 0 radical (unpaired) electrons. The van der Waals surface area contributed by atoms with Crippen molar-refractivity contribution >= 4 is 0 Å². The molecular formula is C22H31N3. The predicted octanol–water partition coefficient (Wildman–Crippen LogP) is 4.39. The van der Waals surface area contributed by atoms with Gasteiger partial charge in [-0.05, 0) is 58.2 Å². The van der Waals surface area contributed by atoms with Gasteiger partial charge in [-0.2, -0.15) is 0 Å². The van der Waals surface area contributed by atoms with Crippen LogP contribution in [0.15, 0.2) is 54.7 Å². The van der Waals surface area contributed by atoms with E-state index in [4.69, 9.17) is 0 Å². The van der Waals surface area contributed by atoms with Crippen LogP contribution in [0.3, 0.4) is 0 Å². The van der Waals surface area contributed by atoms with Crippen LogP contribution in [0, 0.1) is 0 Å². The van der Waals surface area contributed by atoms with Gasteiger partial charge in [0.2, 0.25) is 0 Å². The van der Waals surface area contributed by atoms with Gasteiger partial charge in [0.25, 0.3) is 0 Å². The van der Waals surface area contributed by atoms with Crippen molar-refractivity contribution in [1.82, 2.24) is 15.2 Å². The van der Waals surface area contributed by atoms with Gasteiger partial charge in [0.1, 0.15) is 0 Å². The topological polar surface area (TPSA) is 28.2 Å². The summed E-state index contributed by atoms with van der Waals surface area (Å²) in [5.41, 5.74) is 2.80. The van der Waals surface area contributed by atoms with Gasteiger partial charge < -0.3 is 5.32 Å². The van der Waals surface area contributed by atoms with Gasteiger partial charge >= 0.3 is 0 Å². The third-order valence-electron chi connectivity index (χ3n) is 5.00. The predicted molar refractivity (Wildman–Crippen MR) is 104 cm³/mol. The van der Waals surface area contributed by atoms with Gasteiger partial charge in [-0.15, -0.1) is 0 Å². The van der Waals surface area contributed by atoms with Crippen molar-refractivity contribution < 1.29 is 0 Å². The number of rotatable bonds is 5. The Kier molecular flexibility index (Phi) is 5.26. The molecule has 1 aliphatic heterocycles. The zero-order valence-electron chi connectivity index (χ0n) is 16.0. The van der Waals surface area contributed by atoms with Crippen LogP contribution in [0.25, 0.3) is 0 Å². The highest BCUT2D eigenvalue weighted by molar-refractivity contribution is 5.15. The number of nitrogens with zero attached hydrogens (tertiary/aromatic N) is 2. The summed E-state index contributed by atoms with van der Waals surface area (Å²) in [6.07, 6.45) is 4.19. The number of piperidine rings is 1. The molecule has 134 valence electrons. The molecule has 25 heavy (non-hydrogen) atoms. The lowest BCUT2D eigenvalue weighted by Gasteiger charge is -2.49. The highest BCUT2D eigenvalue weighted by atomic mass is 15.2. The molecule has 3 heteroatoms. The van der Waals surface area contributed by atoms with Crippen molar-refractivity contribution in [2.45, 2.75) is 70.7 Å². The Labute approximate surface area is 152 Å². The molecule has 0 atom stereocenters. The van der Waals surface area contributed by atoms with Gasteiger partial charge in [0.15, 0.2) is 0 Å². The van der Waals surface area contributed by atoms with E-state index >= 15 is 0 Å². The minimum absolute atomic E-state index is 0.144. The number of hydrogen-bond donors (Lipinski definition) is 1. The van der Waals surface area contributed by atoms with Crippen LogP contribution in [0.1, 0.15) is 51.8 Å². The number of pyridine rings is 1. The van der Waals surface area contributed by atoms with Crippen LogP contribution in [0.2, 0.25) is 0 Å². The third kappa shape index (κ3) is 5.13. The van der Waals surface area contributed by atoms with Crippen LogP contribution >= 0.6 is 0 Å². The minimum Gasteiger partial charge on any atom is -0.307 e. The van der Waals surface area contributed by atoms with Crippen LogP contribution in [0.5, 0.6) is 0 Å². The summed E-state index contributed by atoms with van der Waals surface area (Å²) in [4.78, 5) is 7.18. The van der Waals surface area contributed by atoms with Crippen molar-refractivity contribution in [1.29, 1.82) is 0 Å². The Balaban J connectivity index is 1.84. The van der Waals surface area contributed by atoms with Crippen molar-refractivity contribution in [2.24, 2.45) is 0 Å². The van der Waals surface area contributed by atoms with E-state index in [2.05, 4.69) is 85.4 Å². The maximum absolute atomic E-state index is 4.57. The molecule has 3 rings (SSSR count). The largest absolute Gasteiger partial charge is 0.307 e. The molecule has 0 spiro atoms. The van der Waals surface area contributed by atoms with Gasteiger partial charge in [-0.25, -0.2) is 0 Å². The minimum atomic E-state index is 0.144. The maximum Gasteiger partial charge on any atom is 0.0544 e. The SMILES string of the molecule is CC1(C)CC(N(Cc2ccccc2)Cc2ccccn2)CC(C)(C)N1. The van der Waals surface area contributed by atoms with E-state index in [1.807, 2.05) is 12.3 Å². The molecule has 1 aromatic carbocycles. The Morgan fingerprint density at radius 2 is 1.56 bits per heavy atom. The van der Waals surface area contributed by atoms with E-state index in [9.17, 15) is 0 Å². The molecule has 0 aliphatic carbocycles. The standard InChI is InChI=1S/C22H31N3/c1-21(2)14-20(15-22(3,4)24-21)25(16-18-10-6-5-7-11-18)17-19-12-8-9-13-23-19/h5-13,20,24H,14-17H2,1-4H3. The third-order valence-corrected chi connectivity index (χ3v) is 5.00. The first-order valence-corrected chi connectivity index (χ1v) is 9.30. The normalized spacial score (nSPS) is 19.9. The molecule has 1 aliphatic rings. The van der Waals surface area contributed by atoms with Crippen molar-refractivity contribution in [3.05, 3.63) is 66.0 Å². The molecule has 2 aromatic rings. The quantitative estimate of drug-likeness (QED) is 0.877. The molecule has 1 saturated heterocycles. The van der Waals surface area contributed by atoms with Gasteiger partial charge in [-0.3, -0.25) is 9.88 Å². The molecule has 0 unspecified atom stereocenters. The first kappa shape index (κ1) is 18.1. The molecule has 0 bridgehead atoms. The second kappa shape index (κ2) is 7.27. The number of nitrogens with one attached hydrogen (secondary N) is 1. The maximum atomic E-state index is 4.57. The van der Waals surface area contributed by atoms with Crippen LogP contribution in [0.4, 0.5) is 0 Å². The molecule has 1 aromatic heterocycles. The second-order valence-electron chi connectivity index (χ2n) is 8.67. The molecule has 1 fully saturated rings. The molecule has 1 N–H and O–H groups in total. The van der Waals surface area contributed by atoms with E-state index in [-0.39, 0.29) is 11.1 Å². The van der Waals surface area contributed by atoms with Crippen molar-refractivity contribution in [3.8, 4) is 0 Å². The lowest BCUT2D eigenvalue weighted by Crippen LogP contribution is -2.62. The summed E-state index contributed by atoms with van der Waals surface area (Å²) in [6, 6.07) is 17.5. The smallest absolute Gasteiger partial charge is 0.0544 e. The van der Waals surface area contributed by atoms with Crippen molar-refractivity contribution in [2.75, 3.05) is 0 Å². The van der Waals surface area contributed by atoms with Crippen LogP contribution < -0.4 is 5.32 Å². The van der Waals surface area contributed by atoms with E-state index in [0.29, 0.717) is 6.04 Å². The number of aromatic nitrogens is 1. The van der Waals surface area contributed by atoms with Gasteiger partial charge in [0.05, 0.1) is 5.69 Å². The number of hydrogen-bond acceptors (Lipinski definition) is 3. The monoisotopic (exact) mass is 337 g/mol. The molecule has 0 saturated carbocycles. The van der Waals surface area contributed by atoms with E-state index < -0.39 is 0 Å². The molecule has 0 amide bonds. The fourth-order valence-corrected chi connectivity index (χ4v) is 4.36.